The standard InChI is InChI=1S/C10H17N5O/c1-7-3-4-8(16-7)5-6-14-10(13)15(2)9(11)12/h3-4H,5-6H2,1-2H3,(H3,11,12)(H2,13,14). The molecule has 0 atom stereocenters. The number of hydrogen-bond donors (Lipinski definition) is 3. The summed E-state index contributed by atoms with van der Waals surface area (Å²) in [6.07, 6.45) is 0.681. The number of nitrogens with one attached hydrogen (secondary N) is 1. The van der Waals surface area contributed by atoms with Gasteiger partial charge >= 0.3 is 0 Å². The Labute approximate surface area is 94.4 Å². The number of nitrogens with two attached hydrogens (primary N) is 2. The van der Waals surface area contributed by atoms with E-state index in [4.69, 9.17) is 21.3 Å². The topological polar surface area (TPSA) is 105 Å². The summed E-state index contributed by atoms with van der Waals surface area (Å²) >= 11 is 0. The first kappa shape index (κ1) is 12.1. The maximum Gasteiger partial charge on any atom is 0.197 e. The molecule has 0 aromatic carbocycles. The van der Waals surface area contributed by atoms with Crippen molar-refractivity contribution in [2.24, 2.45) is 16.5 Å². The number of guanidine groups is 2. The lowest BCUT2D eigenvalue weighted by atomic mass is 10.3. The summed E-state index contributed by atoms with van der Waals surface area (Å²) in [5.41, 5.74) is 10.9. The SMILES string of the molecule is Cc1ccc(CCN=C(N)N(C)C(=N)N)o1. The van der Waals surface area contributed by atoms with Crippen LogP contribution in [0.25, 0.3) is 0 Å². The number of aryl methyl sites for hydroxylation is 1. The third-order valence-corrected chi connectivity index (χ3v) is 2.13. The summed E-state index contributed by atoms with van der Waals surface area (Å²) in [7, 11) is 1.60. The molecular weight excluding hydrogens is 206 g/mol. The van der Waals surface area contributed by atoms with Gasteiger partial charge in [0.05, 0.1) is 0 Å². The van der Waals surface area contributed by atoms with E-state index in [9.17, 15) is 0 Å². The molecule has 5 N–H and O–H groups in total. The number of nitrogens with zero attached hydrogens (tertiary/aromatic N) is 2. The van der Waals surface area contributed by atoms with Gasteiger partial charge in [0.15, 0.2) is 11.9 Å². The molecular formula is C10H17N5O. The summed E-state index contributed by atoms with van der Waals surface area (Å²) in [6, 6.07) is 3.82. The first-order valence-corrected chi connectivity index (χ1v) is 4.93. The second-order valence-electron chi connectivity index (χ2n) is 3.45. The van der Waals surface area contributed by atoms with E-state index in [0.717, 1.165) is 11.5 Å². The van der Waals surface area contributed by atoms with E-state index in [2.05, 4.69) is 4.99 Å². The maximum absolute atomic E-state index is 7.16. The van der Waals surface area contributed by atoms with Crippen LogP contribution < -0.4 is 11.5 Å². The smallest absolute Gasteiger partial charge is 0.197 e. The van der Waals surface area contributed by atoms with Crippen molar-refractivity contribution in [3.8, 4) is 0 Å². The van der Waals surface area contributed by atoms with Crippen molar-refractivity contribution in [3.63, 3.8) is 0 Å². The minimum absolute atomic E-state index is 0.130. The molecule has 1 rings (SSSR count). The van der Waals surface area contributed by atoms with E-state index in [1.165, 1.54) is 4.90 Å². The van der Waals surface area contributed by atoms with Crippen molar-refractivity contribution in [2.45, 2.75) is 13.3 Å². The highest BCUT2D eigenvalue weighted by molar-refractivity contribution is 5.95. The van der Waals surface area contributed by atoms with Crippen LogP contribution in [0.15, 0.2) is 21.5 Å². The van der Waals surface area contributed by atoms with Gasteiger partial charge in [0.2, 0.25) is 0 Å². The lowest BCUT2D eigenvalue weighted by Crippen LogP contribution is -2.42. The van der Waals surface area contributed by atoms with E-state index in [1.807, 2.05) is 19.1 Å². The largest absolute Gasteiger partial charge is 0.466 e. The Morgan fingerprint density at radius 1 is 1.50 bits per heavy atom. The second-order valence-corrected chi connectivity index (χ2v) is 3.45. The Morgan fingerprint density at radius 3 is 2.69 bits per heavy atom. The molecule has 0 fully saturated rings. The van der Waals surface area contributed by atoms with Crippen LogP contribution in [-0.2, 0) is 6.42 Å². The van der Waals surface area contributed by atoms with Crippen LogP contribution in [0.5, 0.6) is 0 Å². The summed E-state index contributed by atoms with van der Waals surface area (Å²) in [4.78, 5) is 5.40. The minimum atomic E-state index is -0.130. The Hall–Kier alpha value is -1.98. The first-order chi connectivity index (χ1) is 7.50. The van der Waals surface area contributed by atoms with Crippen LogP contribution >= 0.6 is 0 Å². The molecule has 6 nitrogen and oxygen atoms in total. The van der Waals surface area contributed by atoms with E-state index >= 15 is 0 Å². The van der Waals surface area contributed by atoms with Gasteiger partial charge in [-0.2, -0.15) is 0 Å². The molecule has 1 heterocycles. The molecule has 88 valence electrons. The van der Waals surface area contributed by atoms with Crippen molar-refractivity contribution >= 4 is 11.9 Å². The van der Waals surface area contributed by atoms with Gasteiger partial charge < -0.3 is 15.9 Å². The zero-order valence-electron chi connectivity index (χ0n) is 9.53. The molecule has 0 bridgehead atoms. The zero-order valence-corrected chi connectivity index (χ0v) is 9.53. The molecule has 0 aliphatic carbocycles. The molecule has 0 aliphatic heterocycles. The molecule has 0 spiro atoms. The van der Waals surface area contributed by atoms with E-state index in [-0.39, 0.29) is 11.9 Å². The van der Waals surface area contributed by atoms with Crippen molar-refractivity contribution in [3.05, 3.63) is 23.7 Å². The van der Waals surface area contributed by atoms with Crippen LogP contribution in [0, 0.1) is 12.3 Å². The summed E-state index contributed by atoms with van der Waals surface area (Å²) in [6.45, 7) is 2.40. The van der Waals surface area contributed by atoms with Crippen molar-refractivity contribution in [1.29, 1.82) is 5.41 Å². The van der Waals surface area contributed by atoms with Gasteiger partial charge in [-0.15, -0.1) is 0 Å². The van der Waals surface area contributed by atoms with E-state index < -0.39 is 0 Å². The Kier molecular flexibility index (Phi) is 3.93. The molecule has 1 aromatic heterocycles. The highest BCUT2D eigenvalue weighted by Gasteiger charge is 2.03. The van der Waals surface area contributed by atoms with E-state index in [1.54, 1.807) is 7.05 Å². The molecule has 0 aliphatic rings. The lowest BCUT2D eigenvalue weighted by molar-refractivity contribution is 0.484. The highest BCUT2D eigenvalue weighted by Crippen LogP contribution is 2.06. The van der Waals surface area contributed by atoms with Crippen molar-refractivity contribution in [1.82, 2.24) is 4.90 Å². The predicted octanol–water partition coefficient (Wildman–Crippen LogP) is 0.270. The lowest BCUT2D eigenvalue weighted by Gasteiger charge is -2.14. The average Bonchev–Trinajstić information content (AvgIpc) is 2.62. The number of aliphatic imine (C=N–C) groups is 1. The normalized spacial score (nSPS) is 11.5. The molecule has 0 saturated heterocycles. The van der Waals surface area contributed by atoms with Gasteiger partial charge in [-0.3, -0.25) is 15.3 Å². The Balaban J connectivity index is 2.45. The van der Waals surface area contributed by atoms with Crippen LogP contribution in [0.2, 0.25) is 0 Å². The van der Waals surface area contributed by atoms with Gasteiger partial charge in [0, 0.05) is 20.0 Å². The second kappa shape index (κ2) is 5.20. The monoisotopic (exact) mass is 223 g/mol. The molecule has 0 radical (unpaired) electrons. The van der Waals surface area contributed by atoms with E-state index in [0.29, 0.717) is 13.0 Å². The maximum atomic E-state index is 7.16. The van der Waals surface area contributed by atoms with Gasteiger partial charge in [-0.05, 0) is 19.1 Å². The molecule has 0 amide bonds. The number of hydrogen-bond acceptors (Lipinski definition) is 3. The fraction of sp³-hybridized carbons (Fsp3) is 0.400. The Morgan fingerprint density at radius 2 is 2.19 bits per heavy atom. The van der Waals surface area contributed by atoms with Crippen LogP contribution in [0.3, 0.4) is 0 Å². The van der Waals surface area contributed by atoms with Crippen LogP contribution in [-0.4, -0.2) is 30.4 Å². The summed E-state index contributed by atoms with van der Waals surface area (Å²) in [5.74, 6) is 1.86. The van der Waals surface area contributed by atoms with Crippen molar-refractivity contribution in [2.75, 3.05) is 13.6 Å². The molecule has 1 aromatic rings. The predicted molar refractivity (Wildman–Crippen MR) is 63.3 cm³/mol. The first-order valence-electron chi connectivity index (χ1n) is 4.93. The minimum Gasteiger partial charge on any atom is -0.466 e. The van der Waals surface area contributed by atoms with Crippen LogP contribution in [0.4, 0.5) is 0 Å². The van der Waals surface area contributed by atoms with Gasteiger partial charge in [-0.25, -0.2) is 0 Å². The summed E-state index contributed by atoms with van der Waals surface area (Å²) in [5, 5.41) is 7.16. The fourth-order valence-electron chi connectivity index (χ4n) is 1.13. The van der Waals surface area contributed by atoms with Gasteiger partial charge in [-0.1, -0.05) is 0 Å². The van der Waals surface area contributed by atoms with Crippen LogP contribution in [0.1, 0.15) is 11.5 Å². The third-order valence-electron chi connectivity index (χ3n) is 2.13. The Bertz CT molecular complexity index is 396. The molecule has 16 heavy (non-hydrogen) atoms. The van der Waals surface area contributed by atoms with Crippen molar-refractivity contribution < 1.29 is 4.42 Å². The zero-order chi connectivity index (χ0) is 12.1. The van der Waals surface area contributed by atoms with Gasteiger partial charge in [0.25, 0.3) is 0 Å². The molecule has 6 heteroatoms. The number of furan rings is 1. The average molecular weight is 223 g/mol. The third kappa shape index (κ3) is 3.30. The molecule has 0 saturated carbocycles. The highest BCUT2D eigenvalue weighted by atomic mass is 16.3. The fourth-order valence-corrected chi connectivity index (χ4v) is 1.13. The molecule has 0 unspecified atom stereocenters. The number of rotatable bonds is 3. The summed E-state index contributed by atoms with van der Waals surface area (Å²) < 4.78 is 5.38. The van der Waals surface area contributed by atoms with Gasteiger partial charge in [0.1, 0.15) is 11.5 Å². The quantitative estimate of drug-likeness (QED) is 0.505.